The molecule has 0 aliphatic carbocycles. The molecule has 8 heteroatoms. The third-order valence-electron chi connectivity index (χ3n) is 5.65. The Bertz CT molecular complexity index is 775. The number of benzene rings is 1. The Balaban J connectivity index is 1.73. The first kappa shape index (κ1) is 20.3. The average Bonchev–Trinajstić information content (AvgIpc) is 3.14. The van der Waals surface area contributed by atoms with E-state index < -0.39 is 10.0 Å². The number of likely N-dealkylation sites (N-methyl/N-ethyl adjacent to an activating group) is 1. The lowest BCUT2D eigenvalue weighted by Crippen LogP contribution is -3.14. The molecule has 2 aliphatic rings. The number of ether oxygens (including phenoxy) is 1. The van der Waals surface area contributed by atoms with Crippen LogP contribution in [0.5, 0.6) is 0 Å². The van der Waals surface area contributed by atoms with Gasteiger partial charge in [0, 0.05) is 31.5 Å². The number of nitrogens with zero attached hydrogens (tertiary/aromatic N) is 1. The van der Waals surface area contributed by atoms with Gasteiger partial charge in [-0.05, 0) is 31.5 Å². The van der Waals surface area contributed by atoms with Crippen molar-refractivity contribution in [2.24, 2.45) is 0 Å². The highest BCUT2D eigenvalue weighted by Crippen LogP contribution is 2.20. The van der Waals surface area contributed by atoms with Crippen LogP contribution in [0.4, 0.5) is 0 Å². The van der Waals surface area contributed by atoms with E-state index in [1.165, 1.54) is 21.7 Å². The second kappa shape index (κ2) is 8.68. The Hall–Kier alpha value is -1.48. The molecule has 27 heavy (non-hydrogen) atoms. The van der Waals surface area contributed by atoms with E-state index in [4.69, 9.17) is 4.74 Å². The fraction of sp³-hybridized carbons (Fsp3) is 0.632. The summed E-state index contributed by atoms with van der Waals surface area (Å²) < 4.78 is 32.4. The van der Waals surface area contributed by atoms with E-state index in [0.29, 0.717) is 44.5 Å². The molecule has 0 radical (unpaired) electrons. The molecule has 2 heterocycles. The van der Waals surface area contributed by atoms with Crippen molar-refractivity contribution >= 4 is 15.9 Å². The summed E-state index contributed by atoms with van der Waals surface area (Å²) in [6, 6.07) is 5.24. The first-order chi connectivity index (χ1) is 12.9. The molecule has 150 valence electrons. The lowest BCUT2D eigenvalue weighted by atomic mass is 10.1. The highest BCUT2D eigenvalue weighted by atomic mass is 32.2. The van der Waals surface area contributed by atoms with Gasteiger partial charge in [-0.2, -0.15) is 4.31 Å². The predicted octanol–water partition coefficient (Wildman–Crippen LogP) is -0.187. The van der Waals surface area contributed by atoms with Gasteiger partial charge >= 0.3 is 0 Å². The maximum Gasteiger partial charge on any atom is 0.251 e. The zero-order chi connectivity index (χ0) is 19.4. The fourth-order valence-corrected chi connectivity index (χ4v) is 5.38. The van der Waals surface area contributed by atoms with Crippen LogP contribution in [0.15, 0.2) is 23.1 Å². The summed E-state index contributed by atoms with van der Waals surface area (Å²) in [5, 5.41) is 3.02. The van der Waals surface area contributed by atoms with Crippen LogP contribution in [-0.4, -0.2) is 70.6 Å². The Morgan fingerprint density at radius 2 is 2.07 bits per heavy atom. The third kappa shape index (κ3) is 4.51. The molecule has 3 rings (SSSR count). The second-order valence-electron chi connectivity index (χ2n) is 7.30. The van der Waals surface area contributed by atoms with Gasteiger partial charge in [-0.3, -0.25) is 4.79 Å². The summed E-state index contributed by atoms with van der Waals surface area (Å²) in [6.45, 7) is 8.33. The molecular formula is C19H30N3O4S+. The molecule has 2 atom stereocenters. The highest BCUT2D eigenvalue weighted by Gasteiger charge is 2.29. The molecule has 2 saturated heterocycles. The SMILES string of the molecule is CC[NH+]1CCC[C@H]1CNC(=O)c1cc(S(=O)(=O)N2CCOCC2)ccc1C. The van der Waals surface area contributed by atoms with Crippen molar-refractivity contribution in [3.63, 3.8) is 0 Å². The zero-order valence-corrected chi connectivity index (χ0v) is 17.0. The van der Waals surface area contributed by atoms with Gasteiger partial charge in [0.05, 0.1) is 37.7 Å². The molecule has 0 bridgehead atoms. The summed E-state index contributed by atoms with van der Waals surface area (Å²) in [5.74, 6) is -0.200. The highest BCUT2D eigenvalue weighted by molar-refractivity contribution is 7.89. The first-order valence-corrected chi connectivity index (χ1v) is 11.2. The van der Waals surface area contributed by atoms with Gasteiger partial charge in [0.1, 0.15) is 6.04 Å². The van der Waals surface area contributed by atoms with E-state index in [0.717, 1.165) is 25.1 Å². The smallest absolute Gasteiger partial charge is 0.251 e. The number of quaternary nitrogens is 1. The third-order valence-corrected chi connectivity index (χ3v) is 7.55. The van der Waals surface area contributed by atoms with Crippen molar-refractivity contribution in [3.05, 3.63) is 29.3 Å². The quantitative estimate of drug-likeness (QED) is 0.699. The Kier molecular flexibility index (Phi) is 6.52. The Morgan fingerprint density at radius 1 is 1.33 bits per heavy atom. The number of nitrogens with one attached hydrogen (secondary N) is 2. The van der Waals surface area contributed by atoms with Crippen LogP contribution in [0.3, 0.4) is 0 Å². The van der Waals surface area contributed by atoms with Gasteiger partial charge in [-0.25, -0.2) is 8.42 Å². The number of amides is 1. The summed E-state index contributed by atoms with van der Waals surface area (Å²) in [6.07, 6.45) is 2.31. The number of likely N-dealkylation sites (tertiary alicyclic amines) is 1. The van der Waals surface area contributed by atoms with Gasteiger partial charge in [0.2, 0.25) is 10.0 Å². The topological polar surface area (TPSA) is 80.2 Å². The van der Waals surface area contributed by atoms with Crippen LogP contribution in [0.2, 0.25) is 0 Å². The molecule has 2 fully saturated rings. The lowest BCUT2D eigenvalue weighted by Gasteiger charge is -2.26. The van der Waals surface area contributed by atoms with Crippen LogP contribution in [-0.2, 0) is 14.8 Å². The van der Waals surface area contributed by atoms with Crippen LogP contribution in [0.25, 0.3) is 0 Å². The van der Waals surface area contributed by atoms with Crippen molar-refractivity contribution in [2.75, 3.05) is 45.9 Å². The first-order valence-electron chi connectivity index (χ1n) is 9.74. The Labute approximate surface area is 161 Å². The van der Waals surface area contributed by atoms with Gasteiger partial charge < -0.3 is 15.0 Å². The van der Waals surface area contributed by atoms with E-state index >= 15 is 0 Å². The van der Waals surface area contributed by atoms with E-state index in [9.17, 15) is 13.2 Å². The molecular weight excluding hydrogens is 366 g/mol. The van der Waals surface area contributed by atoms with Crippen molar-refractivity contribution in [3.8, 4) is 0 Å². The van der Waals surface area contributed by atoms with Gasteiger partial charge in [0.15, 0.2) is 0 Å². The van der Waals surface area contributed by atoms with E-state index in [2.05, 4.69) is 12.2 Å². The number of carbonyl (C=O) groups is 1. The molecule has 7 nitrogen and oxygen atoms in total. The molecule has 1 unspecified atom stereocenters. The molecule has 0 saturated carbocycles. The summed E-state index contributed by atoms with van der Waals surface area (Å²) >= 11 is 0. The maximum atomic E-state index is 12.9. The molecule has 1 amide bonds. The number of morpholine rings is 1. The average molecular weight is 397 g/mol. The summed E-state index contributed by atoms with van der Waals surface area (Å²) in [4.78, 5) is 14.4. The number of sulfonamides is 1. The second-order valence-corrected chi connectivity index (χ2v) is 9.24. The van der Waals surface area contributed by atoms with Crippen molar-refractivity contribution < 1.29 is 22.8 Å². The van der Waals surface area contributed by atoms with E-state index in [1.807, 2.05) is 6.92 Å². The minimum atomic E-state index is -3.61. The summed E-state index contributed by atoms with van der Waals surface area (Å²) in [7, 11) is -3.61. The van der Waals surface area contributed by atoms with Crippen molar-refractivity contribution in [2.45, 2.75) is 37.6 Å². The Morgan fingerprint density at radius 3 is 2.78 bits per heavy atom. The maximum absolute atomic E-state index is 12.9. The monoisotopic (exact) mass is 396 g/mol. The van der Waals surface area contributed by atoms with Gasteiger partial charge in [-0.1, -0.05) is 6.07 Å². The molecule has 0 spiro atoms. The van der Waals surface area contributed by atoms with Gasteiger partial charge in [-0.15, -0.1) is 0 Å². The number of hydrogen-bond acceptors (Lipinski definition) is 4. The molecule has 2 aliphatic heterocycles. The zero-order valence-electron chi connectivity index (χ0n) is 16.2. The van der Waals surface area contributed by atoms with Crippen LogP contribution in [0, 0.1) is 6.92 Å². The van der Waals surface area contributed by atoms with Crippen LogP contribution < -0.4 is 10.2 Å². The van der Waals surface area contributed by atoms with Crippen molar-refractivity contribution in [1.82, 2.24) is 9.62 Å². The van der Waals surface area contributed by atoms with Crippen molar-refractivity contribution in [1.29, 1.82) is 0 Å². The van der Waals surface area contributed by atoms with Crippen LogP contribution in [0.1, 0.15) is 35.7 Å². The lowest BCUT2D eigenvalue weighted by molar-refractivity contribution is -0.909. The van der Waals surface area contributed by atoms with Crippen LogP contribution >= 0.6 is 0 Å². The van der Waals surface area contributed by atoms with E-state index in [-0.39, 0.29) is 10.8 Å². The predicted molar refractivity (Wildman–Crippen MR) is 102 cm³/mol. The minimum absolute atomic E-state index is 0.168. The summed E-state index contributed by atoms with van der Waals surface area (Å²) in [5.41, 5.74) is 1.21. The fourth-order valence-electron chi connectivity index (χ4n) is 3.95. The van der Waals surface area contributed by atoms with E-state index in [1.54, 1.807) is 12.1 Å². The number of hydrogen-bond donors (Lipinski definition) is 2. The number of rotatable bonds is 6. The largest absolute Gasteiger partial charge is 0.379 e. The number of carbonyl (C=O) groups excluding carboxylic acids is 1. The molecule has 1 aromatic rings. The molecule has 2 N–H and O–H groups in total. The molecule has 0 aromatic heterocycles. The normalized spacial score (nSPS) is 24.1. The molecule has 1 aromatic carbocycles. The van der Waals surface area contributed by atoms with Gasteiger partial charge in [0.25, 0.3) is 5.91 Å². The number of aryl methyl sites for hydroxylation is 1. The minimum Gasteiger partial charge on any atom is -0.379 e. The standard InChI is InChI=1S/C19H29N3O4S/c1-3-21-8-4-5-16(21)14-20-19(23)18-13-17(7-6-15(18)2)27(24,25)22-9-11-26-12-10-22/h6-7,13,16H,3-5,8-12,14H2,1-2H3,(H,20,23)/p+1/t16-/m0/s1.